The summed E-state index contributed by atoms with van der Waals surface area (Å²) >= 11 is 0. The maximum atomic E-state index is 12.5. The number of rotatable bonds is 16. The van der Waals surface area contributed by atoms with Crippen LogP contribution in [0.3, 0.4) is 0 Å². The van der Waals surface area contributed by atoms with Crippen LogP contribution >= 0.6 is 0 Å². The van der Waals surface area contributed by atoms with E-state index in [1.54, 1.807) is 0 Å². The van der Waals surface area contributed by atoms with Gasteiger partial charge in [0.1, 0.15) is 0 Å². The second kappa shape index (κ2) is 15.2. The molecule has 0 fully saturated rings. The fourth-order valence-electron chi connectivity index (χ4n) is 3.66. The summed E-state index contributed by atoms with van der Waals surface area (Å²) in [6.45, 7) is 9.27. The van der Waals surface area contributed by atoms with Gasteiger partial charge < -0.3 is 4.74 Å². The molecule has 164 valence electrons. The molecule has 29 heavy (non-hydrogen) atoms. The van der Waals surface area contributed by atoms with Gasteiger partial charge in [-0.1, -0.05) is 96.9 Å². The molecule has 3 heteroatoms. The summed E-state index contributed by atoms with van der Waals surface area (Å²) in [5.41, 5.74) is 1.65. The first-order chi connectivity index (χ1) is 14.0. The smallest absolute Gasteiger partial charge is 0.310 e. The average Bonchev–Trinajstić information content (AvgIpc) is 2.74. The topological polar surface area (TPSA) is 43.4 Å². The molecule has 1 aromatic rings. The van der Waals surface area contributed by atoms with Crippen molar-refractivity contribution in [3.63, 3.8) is 0 Å². The summed E-state index contributed by atoms with van der Waals surface area (Å²) < 4.78 is 5.48. The van der Waals surface area contributed by atoms with Crippen LogP contribution in [0.2, 0.25) is 0 Å². The van der Waals surface area contributed by atoms with E-state index in [1.807, 2.05) is 24.3 Å². The first-order valence-corrected chi connectivity index (χ1v) is 11.8. The standard InChI is InChI=1S/C26H42O3/c1-5-9-11-21(7-3)15-18-25(27)24-16-13-23(14-17-24)19-26(28)29-20-22(8-4)12-10-6-2/h13-14,16-17,21-22H,5-12,15,18-20H2,1-4H3. The molecule has 0 N–H and O–H groups in total. The number of esters is 1. The van der Waals surface area contributed by atoms with E-state index in [1.165, 1.54) is 32.1 Å². The molecule has 0 aliphatic rings. The molecular formula is C26H42O3. The monoisotopic (exact) mass is 402 g/mol. The molecule has 0 aliphatic carbocycles. The molecule has 0 aliphatic heterocycles. The summed E-state index contributed by atoms with van der Waals surface area (Å²) in [6, 6.07) is 7.48. The van der Waals surface area contributed by atoms with Crippen LogP contribution in [0.25, 0.3) is 0 Å². The van der Waals surface area contributed by atoms with E-state index in [0.29, 0.717) is 24.9 Å². The van der Waals surface area contributed by atoms with Crippen LogP contribution in [0.1, 0.15) is 108 Å². The van der Waals surface area contributed by atoms with Crippen molar-refractivity contribution in [2.24, 2.45) is 11.8 Å². The Morgan fingerprint density at radius 3 is 1.97 bits per heavy atom. The molecule has 1 aromatic carbocycles. The van der Waals surface area contributed by atoms with E-state index in [-0.39, 0.29) is 18.2 Å². The predicted octanol–water partition coefficient (Wildman–Crippen LogP) is 7.17. The van der Waals surface area contributed by atoms with Gasteiger partial charge in [0, 0.05) is 12.0 Å². The Balaban J connectivity index is 2.43. The first kappa shape index (κ1) is 25.4. The van der Waals surface area contributed by atoms with E-state index < -0.39 is 0 Å². The van der Waals surface area contributed by atoms with Gasteiger partial charge in [0.15, 0.2) is 5.78 Å². The molecule has 3 nitrogen and oxygen atoms in total. The molecule has 0 saturated heterocycles. The van der Waals surface area contributed by atoms with Gasteiger partial charge in [0.05, 0.1) is 13.0 Å². The fourth-order valence-corrected chi connectivity index (χ4v) is 3.66. The Morgan fingerprint density at radius 2 is 1.41 bits per heavy atom. The van der Waals surface area contributed by atoms with Crippen molar-refractivity contribution < 1.29 is 14.3 Å². The molecular weight excluding hydrogens is 360 g/mol. The Labute approximate surface area is 178 Å². The average molecular weight is 403 g/mol. The van der Waals surface area contributed by atoms with Crippen molar-refractivity contribution in [2.45, 2.75) is 98.3 Å². The summed E-state index contributed by atoms with van der Waals surface area (Å²) in [5.74, 6) is 1.14. The second-order valence-corrected chi connectivity index (χ2v) is 8.35. The zero-order valence-electron chi connectivity index (χ0n) is 19.2. The van der Waals surface area contributed by atoms with Gasteiger partial charge in [-0.15, -0.1) is 0 Å². The van der Waals surface area contributed by atoms with Crippen LogP contribution in [0.4, 0.5) is 0 Å². The SMILES string of the molecule is CCCCC(CC)CCC(=O)c1ccc(CC(=O)OCC(CC)CCCC)cc1. The lowest BCUT2D eigenvalue weighted by atomic mass is 9.92. The third-order valence-corrected chi connectivity index (χ3v) is 5.97. The minimum absolute atomic E-state index is 0.180. The van der Waals surface area contributed by atoms with Gasteiger partial charge in [0.25, 0.3) is 0 Å². The molecule has 0 spiro atoms. The van der Waals surface area contributed by atoms with Gasteiger partial charge in [-0.3, -0.25) is 9.59 Å². The highest BCUT2D eigenvalue weighted by Gasteiger charge is 2.13. The molecule has 0 aromatic heterocycles. The summed E-state index contributed by atoms with van der Waals surface area (Å²) in [6.07, 6.45) is 11.2. The Kier molecular flexibility index (Phi) is 13.3. The van der Waals surface area contributed by atoms with E-state index in [9.17, 15) is 9.59 Å². The van der Waals surface area contributed by atoms with Crippen LogP contribution in [0.5, 0.6) is 0 Å². The Bertz CT molecular complexity index is 576. The van der Waals surface area contributed by atoms with E-state index in [2.05, 4.69) is 27.7 Å². The number of hydrogen-bond donors (Lipinski definition) is 0. The highest BCUT2D eigenvalue weighted by Crippen LogP contribution is 2.20. The van der Waals surface area contributed by atoms with Gasteiger partial charge >= 0.3 is 5.97 Å². The maximum absolute atomic E-state index is 12.5. The number of carbonyl (C=O) groups is 2. The lowest BCUT2D eigenvalue weighted by Gasteiger charge is -2.14. The van der Waals surface area contributed by atoms with Gasteiger partial charge in [-0.2, -0.15) is 0 Å². The number of ketones is 1. The van der Waals surface area contributed by atoms with Gasteiger partial charge in [0.2, 0.25) is 0 Å². The number of unbranched alkanes of at least 4 members (excludes halogenated alkanes) is 2. The molecule has 1 rings (SSSR count). The number of Topliss-reactive ketones (excluding diaryl/α,β-unsaturated/α-hetero) is 1. The molecule has 2 atom stereocenters. The molecule has 0 heterocycles. The lowest BCUT2D eigenvalue weighted by molar-refractivity contribution is -0.144. The van der Waals surface area contributed by atoms with Crippen molar-refractivity contribution >= 4 is 11.8 Å². The lowest BCUT2D eigenvalue weighted by Crippen LogP contribution is -2.15. The second-order valence-electron chi connectivity index (χ2n) is 8.35. The van der Waals surface area contributed by atoms with Gasteiger partial charge in [-0.25, -0.2) is 0 Å². The van der Waals surface area contributed by atoms with Gasteiger partial charge in [-0.05, 0) is 30.2 Å². The van der Waals surface area contributed by atoms with Crippen molar-refractivity contribution in [3.05, 3.63) is 35.4 Å². The zero-order chi connectivity index (χ0) is 21.5. The van der Waals surface area contributed by atoms with Crippen molar-refractivity contribution in [1.82, 2.24) is 0 Å². The highest BCUT2D eigenvalue weighted by molar-refractivity contribution is 5.96. The van der Waals surface area contributed by atoms with Crippen molar-refractivity contribution in [3.8, 4) is 0 Å². The van der Waals surface area contributed by atoms with Crippen LogP contribution < -0.4 is 0 Å². The molecule has 2 unspecified atom stereocenters. The fraction of sp³-hybridized carbons (Fsp3) is 0.692. The molecule has 0 saturated carbocycles. The zero-order valence-corrected chi connectivity index (χ0v) is 19.2. The van der Waals surface area contributed by atoms with Crippen LogP contribution in [-0.2, 0) is 16.0 Å². The minimum atomic E-state index is -0.180. The normalized spacial score (nSPS) is 13.1. The largest absolute Gasteiger partial charge is 0.465 e. The van der Waals surface area contributed by atoms with E-state index in [0.717, 1.165) is 36.8 Å². The molecule has 0 bridgehead atoms. The van der Waals surface area contributed by atoms with E-state index in [4.69, 9.17) is 4.74 Å². The van der Waals surface area contributed by atoms with Crippen molar-refractivity contribution in [2.75, 3.05) is 6.61 Å². The van der Waals surface area contributed by atoms with Crippen LogP contribution in [-0.4, -0.2) is 18.4 Å². The van der Waals surface area contributed by atoms with Crippen LogP contribution in [0, 0.1) is 11.8 Å². The summed E-state index contributed by atoms with van der Waals surface area (Å²) in [7, 11) is 0. The highest BCUT2D eigenvalue weighted by atomic mass is 16.5. The van der Waals surface area contributed by atoms with E-state index >= 15 is 0 Å². The summed E-state index contributed by atoms with van der Waals surface area (Å²) in [4.78, 5) is 24.6. The number of ether oxygens (including phenoxy) is 1. The van der Waals surface area contributed by atoms with Crippen LogP contribution in [0.15, 0.2) is 24.3 Å². The van der Waals surface area contributed by atoms with Crippen molar-refractivity contribution in [1.29, 1.82) is 0 Å². The molecule has 0 radical (unpaired) electrons. The Hall–Kier alpha value is -1.64. The molecule has 0 amide bonds. The minimum Gasteiger partial charge on any atom is -0.465 e. The third kappa shape index (κ3) is 10.6. The number of carbonyl (C=O) groups excluding carboxylic acids is 2. The predicted molar refractivity (Wildman–Crippen MR) is 121 cm³/mol. The summed E-state index contributed by atoms with van der Waals surface area (Å²) in [5, 5.41) is 0. The Morgan fingerprint density at radius 1 is 0.828 bits per heavy atom. The first-order valence-electron chi connectivity index (χ1n) is 11.8. The third-order valence-electron chi connectivity index (χ3n) is 5.97. The number of hydrogen-bond acceptors (Lipinski definition) is 3. The number of benzene rings is 1. The quantitative estimate of drug-likeness (QED) is 0.217. The maximum Gasteiger partial charge on any atom is 0.310 e.